The summed E-state index contributed by atoms with van der Waals surface area (Å²) in [5.41, 5.74) is 52.5. The van der Waals surface area contributed by atoms with Crippen molar-refractivity contribution < 1.29 is 0 Å². The number of fused-ring (bicyclic) bond motifs is 27. The summed E-state index contributed by atoms with van der Waals surface area (Å²) in [6.45, 7) is 9.53. The standard InChI is InChI=1S/C132H90N2/c1-129(2)109-57-22-14-52-104(109)127-102(55-35-63-118(127)129)100-50-20-32-69-125(100)133(121-65-28-16-42-90(121)84-37-6-5-7-38-84)122-66-29-17-43-91(122)87-73-77-116-107(80-87)96-47-12-26-61-113(96)131(116)112-60-25-11-46-95(112)106-79-85(72-76-115(106)131)86-71-75-98-94-45-10-24-59-111(94)132(120(98)82-86)114-62-27-13-48-97(114)108-81-88(74-78-117(108)132)92-44-18-30-67-123(92)134(124-68-31-19-49-99(124)93-54-34-40-83-39-8-9-41-89(83)93)126-70-33-21-51-101(126)103-56-36-64-119-128(103)105-53-15-23-58-110(105)130(119,3)4/h5-82H,1-4H3. The normalized spacial score (nSPS) is 15.5. The topological polar surface area (TPSA) is 6.48 Å². The third-order valence-corrected chi connectivity index (χ3v) is 31.0. The third-order valence-electron chi connectivity index (χ3n) is 31.0. The van der Waals surface area contributed by atoms with Crippen molar-refractivity contribution in [2.24, 2.45) is 0 Å². The van der Waals surface area contributed by atoms with Gasteiger partial charge in [-0.15, -0.1) is 0 Å². The smallest absolute Gasteiger partial charge is 0.0725 e. The largest absolute Gasteiger partial charge is 0.309 e. The minimum absolute atomic E-state index is 0.167. The van der Waals surface area contributed by atoms with Gasteiger partial charge in [-0.2, -0.15) is 0 Å². The molecule has 0 aromatic heterocycles. The lowest BCUT2D eigenvalue weighted by Gasteiger charge is -2.32. The van der Waals surface area contributed by atoms with E-state index in [1.54, 1.807) is 0 Å². The Kier molecular flexibility index (Phi) is 17.0. The summed E-state index contributed by atoms with van der Waals surface area (Å²) in [5.74, 6) is 0. The molecule has 2 heteroatoms. The van der Waals surface area contributed by atoms with Crippen LogP contribution in [-0.2, 0) is 21.7 Å². The highest BCUT2D eigenvalue weighted by molar-refractivity contribution is 6.09. The van der Waals surface area contributed by atoms with Crippen LogP contribution in [0.15, 0.2) is 473 Å². The lowest BCUT2D eigenvalue weighted by Crippen LogP contribution is -2.26. The minimum Gasteiger partial charge on any atom is -0.309 e. The maximum Gasteiger partial charge on any atom is 0.0725 e. The van der Waals surface area contributed by atoms with Gasteiger partial charge < -0.3 is 9.80 Å². The van der Waals surface area contributed by atoms with E-state index in [0.717, 1.165) is 73.1 Å². The van der Waals surface area contributed by atoms with Crippen molar-refractivity contribution in [1.82, 2.24) is 0 Å². The van der Waals surface area contributed by atoms with E-state index in [1.165, 1.54) is 183 Å². The van der Waals surface area contributed by atoms with Gasteiger partial charge in [0.25, 0.3) is 0 Å². The molecule has 0 fully saturated rings. The number of para-hydroxylation sites is 6. The molecule has 0 N–H and O–H groups in total. The molecule has 2 nitrogen and oxygen atoms in total. The summed E-state index contributed by atoms with van der Waals surface area (Å²) in [6, 6.07) is 180. The van der Waals surface area contributed by atoms with Crippen LogP contribution in [0.1, 0.15) is 94.5 Å². The molecule has 134 heavy (non-hydrogen) atoms. The van der Waals surface area contributed by atoms with E-state index in [0.29, 0.717) is 0 Å². The van der Waals surface area contributed by atoms with Crippen molar-refractivity contribution in [2.45, 2.75) is 49.4 Å². The molecule has 2 unspecified atom stereocenters. The van der Waals surface area contributed by atoms with Gasteiger partial charge in [0.15, 0.2) is 0 Å². The zero-order valence-corrected chi connectivity index (χ0v) is 74.9. The molecule has 6 aliphatic carbocycles. The summed E-state index contributed by atoms with van der Waals surface area (Å²) in [5, 5.41) is 2.42. The number of nitrogens with zero attached hydrogens (tertiary/aromatic N) is 2. The van der Waals surface area contributed by atoms with Gasteiger partial charge in [0.05, 0.1) is 45.0 Å². The monoisotopic (exact) mass is 1700 g/mol. The van der Waals surface area contributed by atoms with Gasteiger partial charge in [-0.05, 0) is 249 Å². The van der Waals surface area contributed by atoms with E-state index >= 15 is 0 Å². The van der Waals surface area contributed by atoms with Gasteiger partial charge in [0.1, 0.15) is 0 Å². The molecule has 21 aromatic rings. The van der Waals surface area contributed by atoms with E-state index in [-0.39, 0.29) is 10.8 Å². The average molecular weight is 1700 g/mol. The molecular formula is C132H90N2. The highest BCUT2D eigenvalue weighted by Gasteiger charge is 2.54. The molecular weight excluding hydrogens is 1610 g/mol. The average Bonchev–Trinajstić information content (AvgIpc) is 1.50. The first-order valence-electron chi connectivity index (χ1n) is 47.2. The van der Waals surface area contributed by atoms with Gasteiger partial charge in [0, 0.05) is 44.2 Å². The number of hydrogen-bond acceptors (Lipinski definition) is 2. The van der Waals surface area contributed by atoms with E-state index in [9.17, 15) is 0 Å². The van der Waals surface area contributed by atoms with Crippen molar-refractivity contribution in [2.75, 3.05) is 9.80 Å². The number of rotatable bonds is 13. The van der Waals surface area contributed by atoms with Crippen LogP contribution in [-0.4, -0.2) is 0 Å². The summed E-state index contributed by atoms with van der Waals surface area (Å²) >= 11 is 0. The van der Waals surface area contributed by atoms with Crippen LogP contribution in [0.4, 0.5) is 34.1 Å². The molecule has 0 radical (unpaired) electrons. The maximum absolute atomic E-state index is 2.58. The zero-order chi connectivity index (χ0) is 88.9. The fourth-order valence-electron chi connectivity index (χ4n) is 25.2. The molecule has 2 spiro atoms. The predicted octanol–water partition coefficient (Wildman–Crippen LogP) is 34.7. The molecule has 2 atom stereocenters. The van der Waals surface area contributed by atoms with Gasteiger partial charge >= 0.3 is 0 Å². The highest BCUT2D eigenvalue weighted by Crippen LogP contribution is 2.68. The molecule has 0 heterocycles. The predicted molar refractivity (Wildman–Crippen MR) is 559 cm³/mol. The van der Waals surface area contributed by atoms with Crippen molar-refractivity contribution in [3.8, 4) is 145 Å². The van der Waals surface area contributed by atoms with Crippen molar-refractivity contribution in [3.63, 3.8) is 0 Å². The first kappa shape index (κ1) is 77.4. The Bertz CT molecular complexity index is 8540. The van der Waals surface area contributed by atoms with Crippen molar-refractivity contribution in [1.29, 1.82) is 0 Å². The van der Waals surface area contributed by atoms with Crippen LogP contribution in [0, 0.1) is 0 Å². The number of hydrogen-bond donors (Lipinski definition) is 0. The lowest BCUT2D eigenvalue weighted by atomic mass is 9.70. The van der Waals surface area contributed by atoms with Crippen LogP contribution in [0.25, 0.3) is 155 Å². The molecule has 0 amide bonds. The maximum atomic E-state index is 2.58. The fourth-order valence-corrected chi connectivity index (χ4v) is 25.2. The van der Waals surface area contributed by atoms with E-state index in [2.05, 4.69) is 511 Å². The second-order valence-corrected chi connectivity index (χ2v) is 38.2. The van der Waals surface area contributed by atoms with Crippen LogP contribution in [0.2, 0.25) is 0 Å². The molecule has 21 aromatic carbocycles. The molecule has 27 rings (SSSR count). The van der Waals surface area contributed by atoms with Crippen molar-refractivity contribution >= 4 is 44.9 Å². The van der Waals surface area contributed by atoms with E-state index < -0.39 is 10.8 Å². The summed E-state index contributed by atoms with van der Waals surface area (Å²) in [7, 11) is 0. The Morgan fingerprint density at radius 1 is 0.142 bits per heavy atom. The van der Waals surface area contributed by atoms with Crippen LogP contribution >= 0.6 is 0 Å². The van der Waals surface area contributed by atoms with Gasteiger partial charge in [-0.25, -0.2) is 0 Å². The number of anilines is 6. The summed E-state index contributed by atoms with van der Waals surface area (Å²) in [6.07, 6.45) is 0. The Morgan fingerprint density at radius 3 is 0.851 bits per heavy atom. The highest BCUT2D eigenvalue weighted by atomic mass is 15.2. The second-order valence-electron chi connectivity index (χ2n) is 38.2. The fraction of sp³-hybridized carbons (Fsp3) is 0.0606. The Morgan fingerprint density at radius 2 is 0.403 bits per heavy atom. The van der Waals surface area contributed by atoms with Crippen LogP contribution < -0.4 is 9.80 Å². The van der Waals surface area contributed by atoms with Gasteiger partial charge in [0.2, 0.25) is 0 Å². The molecule has 0 aliphatic heterocycles. The summed E-state index contributed by atoms with van der Waals surface area (Å²) in [4.78, 5) is 5.14. The van der Waals surface area contributed by atoms with E-state index in [1.807, 2.05) is 0 Å². The van der Waals surface area contributed by atoms with Gasteiger partial charge in [-0.3, -0.25) is 0 Å². The summed E-state index contributed by atoms with van der Waals surface area (Å²) < 4.78 is 0. The molecule has 0 saturated heterocycles. The first-order chi connectivity index (χ1) is 66.0. The Labute approximate surface area is 783 Å². The Hall–Kier alpha value is -16.5. The molecule has 0 saturated carbocycles. The van der Waals surface area contributed by atoms with E-state index in [4.69, 9.17) is 0 Å². The lowest BCUT2D eigenvalue weighted by molar-refractivity contribution is 0.660. The van der Waals surface area contributed by atoms with Gasteiger partial charge in [-0.1, -0.05) is 440 Å². The quantitative estimate of drug-likeness (QED) is 0.114. The number of benzene rings is 21. The zero-order valence-electron chi connectivity index (χ0n) is 74.9. The second kappa shape index (κ2) is 29.5. The first-order valence-corrected chi connectivity index (χ1v) is 47.2. The van der Waals surface area contributed by atoms with Crippen LogP contribution in [0.5, 0.6) is 0 Å². The van der Waals surface area contributed by atoms with Crippen LogP contribution in [0.3, 0.4) is 0 Å². The molecule has 0 bridgehead atoms. The molecule has 6 aliphatic rings. The molecule has 628 valence electrons. The Balaban J connectivity index is 0.591. The SMILES string of the molecule is CC1(C)c2ccccc2-c2c(-c3ccccc3N(c3ccccc3-c3ccccc3)c3ccccc3-c3ccc4c(c3)-c3ccccc3C43c4ccccc4-c4cc(-c5ccc6c(c5)C5(c7ccccc7-c7cc(-c8ccccc8N(c8ccccc8-c8cccc9c8-c8ccccc8C9(C)C)c8ccccc8-c8cccc9ccccc89)ccc75)c5ccccc5-6)ccc43)cccc21. The minimum atomic E-state index is -0.635. The third kappa shape index (κ3) is 10.9. The van der Waals surface area contributed by atoms with Crippen molar-refractivity contribution in [3.05, 3.63) is 540 Å².